The lowest BCUT2D eigenvalue weighted by atomic mass is 9.93. The number of hydrogen-bond donors (Lipinski definition) is 0. The molecule has 138 valence electrons. The van der Waals surface area contributed by atoms with Crippen molar-refractivity contribution in [2.24, 2.45) is 5.92 Å². The van der Waals surface area contributed by atoms with E-state index >= 15 is 0 Å². The molecule has 0 bridgehead atoms. The second kappa shape index (κ2) is 9.22. The number of ether oxygens (including phenoxy) is 2. The van der Waals surface area contributed by atoms with Crippen molar-refractivity contribution in [3.63, 3.8) is 0 Å². The molecule has 5 heteroatoms. The third-order valence-electron chi connectivity index (χ3n) is 4.90. The van der Waals surface area contributed by atoms with Crippen molar-refractivity contribution in [3.8, 4) is 11.5 Å². The number of aromatic nitrogens is 1. The van der Waals surface area contributed by atoms with Crippen molar-refractivity contribution in [1.82, 2.24) is 9.88 Å². The highest BCUT2D eigenvalue weighted by atomic mass is 16.5. The molecule has 0 saturated carbocycles. The van der Waals surface area contributed by atoms with Gasteiger partial charge in [0, 0.05) is 25.5 Å². The van der Waals surface area contributed by atoms with Crippen molar-refractivity contribution < 1.29 is 14.3 Å². The number of benzene rings is 1. The number of carbonyl (C=O) groups excluding carboxylic acids is 1. The Morgan fingerprint density at radius 1 is 1.15 bits per heavy atom. The maximum absolute atomic E-state index is 12.5. The van der Waals surface area contributed by atoms with Crippen LogP contribution in [0.5, 0.6) is 11.5 Å². The lowest BCUT2D eigenvalue weighted by molar-refractivity contribution is -0.131. The topological polar surface area (TPSA) is 51.7 Å². The van der Waals surface area contributed by atoms with E-state index in [0.29, 0.717) is 18.9 Å². The third kappa shape index (κ3) is 5.22. The molecule has 1 fully saturated rings. The van der Waals surface area contributed by atoms with E-state index in [1.807, 2.05) is 41.3 Å². The van der Waals surface area contributed by atoms with Crippen LogP contribution in [-0.4, -0.2) is 42.6 Å². The smallest absolute Gasteiger partial charge is 0.226 e. The molecule has 26 heavy (non-hydrogen) atoms. The number of rotatable bonds is 7. The molecule has 0 spiro atoms. The van der Waals surface area contributed by atoms with E-state index in [0.717, 1.165) is 49.4 Å². The van der Waals surface area contributed by atoms with Gasteiger partial charge in [0.2, 0.25) is 5.91 Å². The minimum Gasteiger partial charge on any atom is -0.497 e. The van der Waals surface area contributed by atoms with E-state index in [1.165, 1.54) is 0 Å². The maximum Gasteiger partial charge on any atom is 0.226 e. The summed E-state index contributed by atoms with van der Waals surface area (Å²) >= 11 is 0. The third-order valence-corrected chi connectivity index (χ3v) is 4.90. The Hall–Kier alpha value is -2.56. The molecule has 0 radical (unpaired) electrons. The van der Waals surface area contributed by atoms with Gasteiger partial charge >= 0.3 is 0 Å². The highest BCUT2D eigenvalue weighted by molar-refractivity contribution is 5.79. The highest BCUT2D eigenvalue weighted by Crippen LogP contribution is 2.22. The van der Waals surface area contributed by atoms with Crippen LogP contribution in [-0.2, 0) is 11.2 Å². The van der Waals surface area contributed by atoms with Crippen LogP contribution < -0.4 is 9.47 Å². The van der Waals surface area contributed by atoms with Crippen LogP contribution in [0.1, 0.15) is 24.8 Å². The first-order valence-electron chi connectivity index (χ1n) is 9.18. The number of piperidine rings is 1. The Labute approximate surface area is 155 Å². The molecule has 5 nitrogen and oxygen atoms in total. The summed E-state index contributed by atoms with van der Waals surface area (Å²) in [5, 5.41) is 0. The zero-order valence-corrected chi connectivity index (χ0v) is 15.3. The molecule has 1 aliphatic heterocycles. The molecular weight excluding hydrogens is 328 g/mol. The van der Waals surface area contributed by atoms with Gasteiger partial charge in [0.25, 0.3) is 0 Å². The van der Waals surface area contributed by atoms with Gasteiger partial charge in [-0.2, -0.15) is 0 Å². The van der Waals surface area contributed by atoms with Crippen LogP contribution >= 0.6 is 0 Å². The number of likely N-dealkylation sites (tertiary alicyclic amines) is 1. The van der Waals surface area contributed by atoms with Crippen molar-refractivity contribution in [3.05, 3.63) is 54.4 Å². The Kier molecular flexibility index (Phi) is 6.47. The number of methoxy groups -OCH3 is 1. The average Bonchev–Trinajstić information content (AvgIpc) is 2.69. The molecule has 0 N–H and O–H groups in total. The van der Waals surface area contributed by atoms with Gasteiger partial charge in [0.05, 0.1) is 20.1 Å². The number of pyridine rings is 1. The van der Waals surface area contributed by atoms with Gasteiger partial charge < -0.3 is 14.4 Å². The summed E-state index contributed by atoms with van der Waals surface area (Å²) < 4.78 is 11.0. The molecule has 2 aromatic rings. The molecule has 0 aliphatic carbocycles. The molecule has 1 aliphatic rings. The second-order valence-corrected chi connectivity index (χ2v) is 6.67. The molecule has 2 heterocycles. The largest absolute Gasteiger partial charge is 0.497 e. The fourth-order valence-corrected chi connectivity index (χ4v) is 3.32. The molecule has 3 rings (SSSR count). The molecule has 0 unspecified atom stereocenters. The number of hydrogen-bond acceptors (Lipinski definition) is 4. The quantitative estimate of drug-likeness (QED) is 0.765. The minimum atomic E-state index is 0.199. The van der Waals surface area contributed by atoms with Crippen LogP contribution in [0.4, 0.5) is 0 Å². The molecule has 1 amide bonds. The number of amides is 1. The SMILES string of the molecule is COc1cccc(CC(=O)N2CCC(CCOc3ccncc3)CC2)c1. The molecule has 1 saturated heterocycles. The monoisotopic (exact) mass is 354 g/mol. The maximum atomic E-state index is 12.5. The summed E-state index contributed by atoms with van der Waals surface area (Å²) in [5.74, 6) is 2.48. The van der Waals surface area contributed by atoms with Gasteiger partial charge in [-0.1, -0.05) is 12.1 Å². The Balaban J connectivity index is 1.39. The van der Waals surface area contributed by atoms with Crippen molar-refractivity contribution in [2.45, 2.75) is 25.7 Å². The fourth-order valence-electron chi connectivity index (χ4n) is 3.32. The van der Waals surface area contributed by atoms with E-state index in [1.54, 1.807) is 19.5 Å². The average molecular weight is 354 g/mol. The first kappa shape index (κ1) is 18.2. The van der Waals surface area contributed by atoms with Gasteiger partial charge in [0.15, 0.2) is 0 Å². The summed E-state index contributed by atoms with van der Waals surface area (Å²) in [7, 11) is 1.64. The highest BCUT2D eigenvalue weighted by Gasteiger charge is 2.22. The van der Waals surface area contributed by atoms with Gasteiger partial charge in [0.1, 0.15) is 11.5 Å². The zero-order chi connectivity index (χ0) is 18.2. The number of nitrogens with zero attached hydrogens (tertiary/aromatic N) is 2. The van der Waals surface area contributed by atoms with Crippen molar-refractivity contribution in [2.75, 3.05) is 26.8 Å². The lowest BCUT2D eigenvalue weighted by Gasteiger charge is -2.32. The van der Waals surface area contributed by atoms with E-state index in [-0.39, 0.29) is 5.91 Å². The lowest BCUT2D eigenvalue weighted by Crippen LogP contribution is -2.39. The van der Waals surface area contributed by atoms with Crippen LogP contribution in [0.2, 0.25) is 0 Å². The second-order valence-electron chi connectivity index (χ2n) is 6.67. The van der Waals surface area contributed by atoms with Gasteiger partial charge in [-0.05, 0) is 55.0 Å². The van der Waals surface area contributed by atoms with E-state index < -0.39 is 0 Å². The molecular formula is C21H26N2O3. The predicted molar refractivity (Wildman–Crippen MR) is 100 cm³/mol. The normalized spacial score (nSPS) is 14.9. The summed E-state index contributed by atoms with van der Waals surface area (Å²) in [6.07, 6.45) is 7.03. The Morgan fingerprint density at radius 3 is 2.65 bits per heavy atom. The van der Waals surface area contributed by atoms with Crippen LogP contribution in [0.25, 0.3) is 0 Å². The Morgan fingerprint density at radius 2 is 1.92 bits per heavy atom. The van der Waals surface area contributed by atoms with Crippen LogP contribution in [0.15, 0.2) is 48.8 Å². The fraction of sp³-hybridized carbons (Fsp3) is 0.429. The number of carbonyl (C=O) groups is 1. The van der Waals surface area contributed by atoms with E-state index in [4.69, 9.17) is 9.47 Å². The summed E-state index contributed by atoms with van der Waals surface area (Å²) in [5.41, 5.74) is 1.00. The first-order chi connectivity index (χ1) is 12.7. The summed E-state index contributed by atoms with van der Waals surface area (Å²) in [6, 6.07) is 11.5. The van der Waals surface area contributed by atoms with Crippen molar-refractivity contribution >= 4 is 5.91 Å². The van der Waals surface area contributed by atoms with E-state index in [2.05, 4.69) is 4.98 Å². The van der Waals surface area contributed by atoms with Crippen LogP contribution in [0, 0.1) is 5.92 Å². The standard InChI is InChI=1S/C21H26N2O3/c1-25-20-4-2-3-18(15-20)16-21(24)23-12-7-17(8-13-23)9-14-26-19-5-10-22-11-6-19/h2-6,10-11,15,17H,7-9,12-14,16H2,1H3. The summed E-state index contributed by atoms with van der Waals surface area (Å²) in [4.78, 5) is 18.5. The molecule has 0 atom stereocenters. The van der Waals surface area contributed by atoms with Crippen LogP contribution in [0.3, 0.4) is 0 Å². The van der Waals surface area contributed by atoms with Gasteiger partial charge in [-0.15, -0.1) is 0 Å². The zero-order valence-electron chi connectivity index (χ0n) is 15.3. The van der Waals surface area contributed by atoms with Crippen molar-refractivity contribution in [1.29, 1.82) is 0 Å². The minimum absolute atomic E-state index is 0.199. The Bertz CT molecular complexity index is 697. The molecule has 1 aromatic heterocycles. The van der Waals surface area contributed by atoms with E-state index in [9.17, 15) is 4.79 Å². The summed E-state index contributed by atoms with van der Waals surface area (Å²) in [6.45, 7) is 2.39. The van der Waals surface area contributed by atoms with Gasteiger partial charge in [-0.3, -0.25) is 9.78 Å². The molecule has 1 aromatic carbocycles. The first-order valence-corrected chi connectivity index (χ1v) is 9.18. The van der Waals surface area contributed by atoms with Gasteiger partial charge in [-0.25, -0.2) is 0 Å². The predicted octanol–water partition coefficient (Wildman–Crippen LogP) is 3.34.